The van der Waals surface area contributed by atoms with E-state index < -0.39 is 11.6 Å². The minimum atomic E-state index is -0.535. The molecule has 0 radical (unpaired) electrons. The molecule has 0 spiro atoms. The maximum absolute atomic E-state index is 11.9. The fourth-order valence-corrected chi connectivity index (χ4v) is 3.80. The van der Waals surface area contributed by atoms with E-state index in [1.807, 2.05) is 87.5 Å². The van der Waals surface area contributed by atoms with E-state index in [0.29, 0.717) is 10.8 Å². The SMILES string of the molecule is CC(C)(C)OC(=O)COc1ccc(N2C(=Nc3ccccc3)CC2c2ccc(Cl)cc2)cc1. The first-order valence-corrected chi connectivity index (χ1v) is 11.3. The van der Waals surface area contributed by atoms with E-state index in [2.05, 4.69) is 17.0 Å². The summed E-state index contributed by atoms with van der Waals surface area (Å²) in [5.74, 6) is 1.20. The summed E-state index contributed by atoms with van der Waals surface area (Å²) >= 11 is 6.09. The first-order valence-electron chi connectivity index (χ1n) is 10.9. The molecule has 4 rings (SSSR count). The second-order valence-corrected chi connectivity index (χ2v) is 9.31. The molecule has 1 atom stereocenters. The van der Waals surface area contributed by atoms with Crippen molar-refractivity contribution in [3.63, 3.8) is 0 Å². The van der Waals surface area contributed by atoms with Gasteiger partial charge in [0.25, 0.3) is 0 Å². The number of halogens is 1. The zero-order valence-corrected chi connectivity index (χ0v) is 19.8. The Hall–Kier alpha value is -3.31. The van der Waals surface area contributed by atoms with Crippen molar-refractivity contribution in [3.8, 4) is 5.75 Å². The Bertz CT molecular complexity index is 1120. The second kappa shape index (κ2) is 9.67. The number of hydrogen-bond acceptors (Lipinski definition) is 4. The zero-order valence-electron chi connectivity index (χ0n) is 19.0. The van der Waals surface area contributed by atoms with Crippen LogP contribution in [0.4, 0.5) is 11.4 Å². The highest BCUT2D eigenvalue weighted by atomic mass is 35.5. The number of para-hydroxylation sites is 1. The molecule has 0 saturated carbocycles. The van der Waals surface area contributed by atoms with Gasteiger partial charge in [0.15, 0.2) is 6.61 Å². The number of carbonyl (C=O) groups excluding carboxylic acids is 1. The summed E-state index contributed by atoms with van der Waals surface area (Å²) < 4.78 is 10.9. The first kappa shape index (κ1) is 22.9. The van der Waals surface area contributed by atoms with Gasteiger partial charge in [0.2, 0.25) is 0 Å². The minimum absolute atomic E-state index is 0.131. The summed E-state index contributed by atoms with van der Waals surface area (Å²) in [7, 11) is 0. The van der Waals surface area contributed by atoms with Crippen LogP contribution in [-0.4, -0.2) is 24.0 Å². The molecule has 1 aliphatic rings. The average molecular weight is 463 g/mol. The average Bonchev–Trinajstić information content (AvgIpc) is 2.76. The van der Waals surface area contributed by atoms with Gasteiger partial charge >= 0.3 is 5.97 Å². The highest BCUT2D eigenvalue weighted by Crippen LogP contribution is 2.41. The lowest BCUT2D eigenvalue weighted by Gasteiger charge is -2.44. The van der Waals surface area contributed by atoms with E-state index in [9.17, 15) is 4.79 Å². The molecule has 3 aromatic carbocycles. The van der Waals surface area contributed by atoms with E-state index >= 15 is 0 Å². The Labute approximate surface area is 199 Å². The number of nitrogens with zero attached hydrogens (tertiary/aromatic N) is 2. The largest absolute Gasteiger partial charge is 0.482 e. The smallest absolute Gasteiger partial charge is 0.344 e. The van der Waals surface area contributed by atoms with Crippen molar-refractivity contribution in [1.82, 2.24) is 0 Å². The third-order valence-corrected chi connectivity index (χ3v) is 5.38. The van der Waals surface area contributed by atoms with Gasteiger partial charge in [-0.05, 0) is 74.9 Å². The third kappa shape index (κ3) is 5.93. The molecular weight excluding hydrogens is 436 g/mol. The maximum atomic E-state index is 11.9. The lowest BCUT2D eigenvalue weighted by Crippen LogP contribution is -2.46. The van der Waals surface area contributed by atoms with E-state index in [4.69, 9.17) is 26.1 Å². The number of hydrogen-bond donors (Lipinski definition) is 0. The highest BCUT2D eigenvalue weighted by Gasteiger charge is 2.36. The highest BCUT2D eigenvalue weighted by molar-refractivity contribution is 6.30. The van der Waals surface area contributed by atoms with Crippen molar-refractivity contribution in [2.24, 2.45) is 4.99 Å². The maximum Gasteiger partial charge on any atom is 0.344 e. The number of esters is 1. The summed E-state index contributed by atoms with van der Waals surface area (Å²) in [6, 6.07) is 25.7. The lowest BCUT2D eigenvalue weighted by molar-refractivity contribution is -0.157. The molecule has 0 amide bonds. The normalized spacial score (nSPS) is 16.9. The number of anilines is 1. The summed E-state index contributed by atoms with van der Waals surface area (Å²) in [4.78, 5) is 19.0. The van der Waals surface area contributed by atoms with Crippen LogP contribution in [0, 0.1) is 0 Å². The molecule has 1 fully saturated rings. The van der Waals surface area contributed by atoms with Crippen LogP contribution < -0.4 is 9.64 Å². The van der Waals surface area contributed by atoms with E-state index in [1.54, 1.807) is 0 Å². The van der Waals surface area contributed by atoms with Gasteiger partial charge in [0.1, 0.15) is 17.2 Å². The quantitative estimate of drug-likeness (QED) is 0.380. The van der Waals surface area contributed by atoms with Gasteiger partial charge < -0.3 is 14.4 Å². The Morgan fingerprint density at radius 3 is 2.30 bits per heavy atom. The van der Waals surface area contributed by atoms with Crippen molar-refractivity contribution in [2.75, 3.05) is 11.5 Å². The van der Waals surface area contributed by atoms with Crippen LogP contribution in [0.1, 0.15) is 38.8 Å². The fraction of sp³-hybridized carbons (Fsp3) is 0.259. The predicted octanol–water partition coefficient (Wildman–Crippen LogP) is 6.74. The summed E-state index contributed by atoms with van der Waals surface area (Å²) in [6.45, 7) is 5.36. The van der Waals surface area contributed by atoms with Crippen LogP contribution in [-0.2, 0) is 9.53 Å². The van der Waals surface area contributed by atoms with Crippen LogP contribution in [0.2, 0.25) is 5.02 Å². The Kier molecular flexibility index (Phi) is 6.70. The number of ether oxygens (including phenoxy) is 2. The number of amidine groups is 1. The molecule has 1 unspecified atom stereocenters. The molecule has 0 N–H and O–H groups in total. The number of aliphatic imine (C=N–C) groups is 1. The number of carbonyl (C=O) groups is 1. The Morgan fingerprint density at radius 2 is 1.67 bits per heavy atom. The van der Waals surface area contributed by atoms with Gasteiger partial charge in [-0.2, -0.15) is 0 Å². The third-order valence-electron chi connectivity index (χ3n) is 5.13. The molecule has 0 aromatic heterocycles. The molecular formula is C27H27ClN2O3. The van der Waals surface area contributed by atoms with Crippen molar-refractivity contribution in [3.05, 3.63) is 89.4 Å². The minimum Gasteiger partial charge on any atom is -0.482 e. The molecule has 3 aromatic rings. The van der Waals surface area contributed by atoms with Gasteiger partial charge in [-0.25, -0.2) is 9.79 Å². The Balaban J connectivity index is 1.52. The Morgan fingerprint density at radius 1 is 1.00 bits per heavy atom. The standard InChI is InChI=1S/C27H27ClN2O3/c1-27(2,3)33-26(31)18-32-23-15-13-22(14-16-23)30-24(19-9-11-20(28)12-10-19)17-25(30)29-21-7-5-4-6-8-21/h4-16,24H,17-18H2,1-3H3. The molecule has 0 bridgehead atoms. The zero-order chi connectivity index (χ0) is 23.4. The van der Waals surface area contributed by atoms with E-state index in [-0.39, 0.29) is 12.6 Å². The topological polar surface area (TPSA) is 51.1 Å². The van der Waals surface area contributed by atoms with Gasteiger partial charge in [-0.15, -0.1) is 0 Å². The first-order chi connectivity index (χ1) is 15.8. The van der Waals surface area contributed by atoms with Crippen molar-refractivity contribution >= 4 is 34.8 Å². The van der Waals surface area contributed by atoms with Crippen LogP contribution in [0.25, 0.3) is 0 Å². The van der Waals surface area contributed by atoms with Crippen molar-refractivity contribution < 1.29 is 14.3 Å². The molecule has 6 heteroatoms. The number of benzene rings is 3. The van der Waals surface area contributed by atoms with Gasteiger partial charge in [0, 0.05) is 17.1 Å². The van der Waals surface area contributed by atoms with Gasteiger partial charge in [-0.3, -0.25) is 0 Å². The van der Waals surface area contributed by atoms with Gasteiger partial charge in [-0.1, -0.05) is 41.9 Å². The van der Waals surface area contributed by atoms with Crippen LogP contribution in [0.3, 0.4) is 0 Å². The van der Waals surface area contributed by atoms with Crippen molar-refractivity contribution in [2.45, 2.75) is 38.8 Å². The van der Waals surface area contributed by atoms with Crippen LogP contribution in [0.15, 0.2) is 83.9 Å². The molecule has 0 aliphatic carbocycles. The van der Waals surface area contributed by atoms with Crippen LogP contribution >= 0.6 is 11.6 Å². The molecule has 5 nitrogen and oxygen atoms in total. The summed E-state index contributed by atoms with van der Waals surface area (Å²) in [6.07, 6.45) is 0.827. The summed E-state index contributed by atoms with van der Waals surface area (Å²) in [5.41, 5.74) is 2.56. The summed E-state index contributed by atoms with van der Waals surface area (Å²) in [5, 5.41) is 0.717. The fourth-order valence-electron chi connectivity index (χ4n) is 3.68. The molecule has 1 saturated heterocycles. The molecule has 1 heterocycles. The van der Waals surface area contributed by atoms with E-state index in [0.717, 1.165) is 23.6 Å². The molecule has 1 aliphatic heterocycles. The van der Waals surface area contributed by atoms with Crippen molar-refractivity contribution in [1.29, 1.82) is 0 Å². The van der Waals surface area contributed by atoms with Crippen LogP contribution in [0.5, 0.6) is 5.75 Å². The number of rotatable bonds is 6. The second-order valence-electron chi connectivity index (χ2n) is 8.87. The lowest BCUT2D eigenvalue weighted by atomic mass is 9.92. The van der Waals surface area contributed by atoms with Gasteiger partial charge in [0.05, 0.1) is 11.7 Å². The molecule has 170 valence electrons. The molecule has 33 heavy (non-hydrogen) atoms. The predicted molar refractivity (Wildman–Crippen MR) is 133 cm³/mol. The van der Waals surface area contributed by atoms with E-state index in [1.165, 1.54) is 5.56 Å². The monoisotopic (exact) mass is 462 g/mol.